The van der Waals surface area contributed by atoms with Gasteiger partial charge in [-0.3, -0.25) is 4.98 Å². The SMILES string of the molecule is CC1(C)OB(c2ccc(CC=O)nc2)OC1(C)C. The van der Waals surface area contributed by atoms with E-state index in [-0.39, 0.29) is 11.2 Å². The van der Waals surface area contributed by atoms with E-state index in [1.165, 1.54) is 0 Å². The molecule has 1 aromatic heterocycles. The van der Waals surface area contributed by atoms with E-state index in [9.17, 15) is 4.79 Å². The van der Waals surface area contributed by atoms with Gasteiger partial charge < -0.3 is 14.1 Å². The molecule has 2 rings (SSSR count). The number of aromatic nitrogens is 1. The lowest BCUT2D eigenvalue weighted by molar-refractivity contribution is -0.107. The van der Waals surface area contributed by atoms with Gasteiger partial charge in [-0.25, -0.2) is 0 Å². The van der Waals surface area contributed by atoms with E-state index < -0.39 is 7.12 Å². The van der Waals surface area contributed by atoms with Crippen LogP contribution in [0.3, 0.4) is 0 Å². The number of rotatable bonds is 3. The summed E-state index contributed by atoms with van der Waals surface area (Å²) in [5.74, 6) is 0. The van der Waals surface area contributed by atoms with E-state index in [4.69, 9.17) is 9.31 Å². The van der Waals surface area contributed by atoms with Gasteiger partial charge in [-0.15, -0.1) is 0 Å². The van der Waals surface area contributed by atoms with Crippen LogP contribution in [0.25, 0.3) is 0 Å². The number of nitrogens with zero attached hydrogens (tertiary/aromatic N) is 1. The molecule has 1 fully saturated rings. The van der Waals surface area contributed by atoms with E-state index in [0.29, 0.717) is 6.42 Å². The van der Waals surface area contributed by atoms with Crippen LogP contribution in [-0.4, -0.2) is 29.6 Å². The molecule has 0 unspecified atom stereocenters. The van der Waals surface area contributed by atoms with Crippen LogP contribution in [0.5, 0.6) is 0 Å². The van der Waals surface area contributed by atoms with E-state index in [2.05, 4.69) is 4.98 Å². The molecule has 0 bridgehead atoms. The summed E-state index contributed by atoms with van der Waals surface area (Å²) in [6.45, 7) is 8.06. The fourth-order valence-electron chi connectivity index (χ4n) is 1.76. The third-order valence-corrected chi connectivity index (χ3v) is 3.67. The van der Waals surface area contributed by atoms with Crippen LogP contribution in [0.2, 0.25) is 0 Å². The lowest BCUT2D eigenvalue weighted by atomic mass is 9.80. The van der Waals surface area contributed by atoms with Crippen LogP contribution in [0.4, 0.5) is 0 Å². The number of hydrogen-bond donors (Lipinski definition) is 0. The van der Waals surface area contributed by atoms with Crippen LogP contribution in [0.1, 0.15) is 33.4 Å². The van der Waals surface area contributed by atoms with Crippen LogP contribution in [0.15, 0.2) is 18.3 Å². The van der Waals surface area contributed by atoms with Gasteiger partial charge in [0.25, 0.3) is 0 Å². The van der Waals surface area contributed by atoms with Crippen molar-refractivity contribution in [3.8, 4) is 0 Å². The van der Waals surface area contributed by atoms with Crippen molar-refractivity contribution in [1.29, 1.82) is 0 Å². The summed E-state index contributed by atoms with van der Waals surface area (Å²) in [6, 6.07) is 3.72. The molecular weight excluding hydrogens is 229 g/mol. The number of carbonyl (C=O) groups is 1. The third-order valence-electron chi connectivity index (χ3n) is 3.67. The Kier molecular flexibility index (Phi) is 3.30. The van der Waals surface area contributed by atoms with Crippen molar-refractivity contribution in [2.45, 2.75) is 45.3 Å². The van der Waals surface area contributed by atoms with Gasteiger partial charge in [-0.2, -0.15) is 0 Å². The van der Waals surface area contributed by atoms with Crippen molar-refractivity contribution in [1.82, 2.24) is 4.98 Å². The highest BCUT2D eigenvalue weighted by Gasteiger charge is 2.51. The number of hydrogen-bond acceptors (Lipinski definition) is 4. The minimum atomic E-state index is -0.396. The van der Waals surface area contributed by atoms with Crippen molar-refractivity contribution in [3.05, 3.63) is 24.0 Å². The molecule has 0 atom stereocenters. The maximum Gasteiger partial charge on any atom is 0.496 e. The van der Waals surface area contributed by atoms with Crippen LogP contribution in [-0.2, 0) is 20.5 Å². The Bertz CT molecular complexity index is 426. The normalized spacial score (nSPS) is 21.0. The second kappa shape index (κ2) is 4.48. The predicted octanol–water partition coefficient (Wildman–Crippen LogP) is 1.12. The molecule has 18 heavy (non-hydrogen) atoms. The minimum absolute atomic E-state index is 0.337. The highest BCUT2D eigenvalue weighted by molar-refractivity contribution is 6.62. The predicted molar refractivity (Wildman–Crippen MR) is 69.7 cm³/mol. The standard InChI is InChI=1S/C13H18BNO3/c1-12(2)13(3,4)18-14(17-12)10-5-6-11(7-8-16)15-9-10/h5-6,8-9H,7H2,1-4H3. The Morgan fingerprint density at radius 3 is 2.28 bits per heavy atom. The largest absolute Gasteiger partial charge is 0.496 e. The van der Waals surface area contributed by atoms with Crippen molar-refractivity contribution in [2.75, 3.05) is 0 Å². The van der Waals surface area contributed by atoms with Crippen molar-refractivity contribution >= 4 is 18.9 Å². The van der Waals surface area contributed by atoms with Gasteiger partial charge >= 0.3 is 7.12 Å². The van der Waals surface area contributed by atoms with Gasteiger partial charge in [0, 0.05) is 23.8 Å². The molecule has 0 aliphatic carbocycles. The fourth-order valence-corrected chi connectivity index (χ4v) is 1.76. The average molecular weight is 247 g/mol. The molecule has 4 nitrogen and oxygen atoms in total. The molecule has 1 saturated heterocycles. The molecule has 1 aromatic rings. The molecule has 0 amide bonds. The Morgan fingerprint density at radius 2 is 1.83 bits per heavy atom. The summed E-state index contributed by atoms with van der Waals surface area (Å²) in [5, 5.41) is 0. The molecule has 96 valence electrons. The molecule has 0 spiro atoms. The number of pyridine rings is 1. The summed E-state index contributed by atoms with van der Waals surface area (Å²) < 4.78 is 11.8. The average Bonchev–Trinajstić information content (AvgIpc) is 2.50. The monoisotopic (exact) mass is 247 g/mol. The first-order chi connectivity index (χ1) is 8.36. The fraction of sp³-hybridized carbons (Fsp3) is 0.538. The molecule has 1 aliphatic rings. The van der Waals surface area contributed by atoms with Crippen molar-refractivity contribution in [3.63, 3.8) is 0 Å². The van der Waals surface area contributed by atoms with Gasteiger partial charge in [-0.05, 0) is 33.8 Å². The third kappa shape index (κ3) is 2.33. The maximum atomic E-state index is 10.4. The zero-order valence-corrected chi connectivity index (χ0v) is 11.3. The Hall–Kier alpha value is -1.20. The van der Waals surface area contributed by atoms with Gasteiger partial charge in [0.15, 0.2) is 0 Å². The van der Waals surface area contributed by atoms with E-state index >= 15 is 0 Å². The summed E-state index contributed by atoms with van der Waals surface area (Å²) in [5.41, 5.74) is 0.937. The van der Waals surface area contributed by atoms with Gasteiger partial charge in [0.2, 0.25) is 0 Å². The summed E-state index contributed by atoms with van der Waals surface area (Å²) in [4.78, 5) is 14.6. The molecule has 2 heterocycles. The Balaban J connectivity index is 2.17. The van der Waals surface area contributed by atoms with Crippen molar-refractivity contribution in [2.24, 2.45) is 0 Å². The van der Waals surface area contributed by atoms with Gasteiger partial charge in [0.1, 0.15) is 6.29 Å². The smallest absolute Gasteiger partial charge is 0.399 e. The van der Waals surface area contributed by atoms with E-state index in [0.717, 1.165) is 17.4 Å². The zero-order valence-electron chi connectivity index (χ0n) is 11.3. The number of aldehydes is 1. The number of carbonyl (C=O) groups excluding carboxylic acids is 1. The lowest BCUT2D eigenvalue weighted by Crippen LogP contribution is -2.41. The first-order valence-corrected chi connectivity index (χ1v) is 6.10. The molecular formula is C13H18BNO3. The van der Waals surface area contributed by atoms with Crippen LogP contribution >= 0.6 is 0 Å². The Labute approximate surface area is 108 Å². The van der Waals surface area contributed by atoms with E-state index in [1.807, 2.05) is 39.8 Å². The topological polar surface area (TPSA) is 48.4 Å². The maximum absolute atomic E-state index is 10.4. The van der Waals surface area contributed by atoms with Crippen molar-refractivity contribution < 1.29 is 14.1 Å². The highest BCUT2D eigenvalue weighted by Crippen LogP contribution is 2.36. The summed E-state index contributed by atoms with van der Waals surface area (Å²) in [7, 11) is -0.396. The van der Waals surface area contributed by atoms with Crippen LogP contribution < -0.4 is 5.46 Å². The molecule has 1 aliphatic heterocycles. The minimum Gasteiger partial charge on any atom is -0.399 e. The lowest BCUT2D eigenvalue weighted by Gasteiger charge is -2.32. The zero-order chi connectivity index (χ0) is 13.4. The second-order valence-electron chi connectivity index (χ2n) is 5.54. The first kappa shape index (κ1) is 13.2. The second-order valence-corrected chi connectivity index (χ2v) is 5.54. The molecule has 0 saturated carbocycles. The Morgan fingerprint density at radius 1 is 1.22 bits per heavy atom. The molecule has 0 radical (unpaired) electrons. The first-order valence-electron chi connectivity index (χ1n) is 6.10. The molecule has 5 heteroatoms. The molecule has 0 aromatic carbocycles. The van der Waals surface area contributed by atoms with E-state index in [1.54, 1.807) is 6.20 Å². The highest BCUT2D eigenvalue weighted by atomic mass is 16.7. The van der Waals surface area contributed by atoms with Crippen LogP contribution in [0, 0.1) is 0 Å². The quantitative estimate of drug-likeness (QED) is 0.593. The van der Waals surface area contributed by atoms with Gasteiger partial charge in [-0.1, -0.05) is 6.07 Å². The summed E-state index contributed by atoms with van der Waals surface area (Å²) >= 11 is 0. The molecule has 0 N–H and O–H groups in total. The van der Waals surface area contributed by atoms with Gasteiger partial charge in [0.05, 0.1) is 11.2 Å². The summed E-state index contributed by atoms with van der Waals surface area (Å²) in [6.07, 6.45) is 2.89.